The largest absolute Gasteiger partial charge is 0.378 e. The van der Waals surface area contributed by atoms with Crippen LogP contribution in [0.5, 0.6) is 0 Å². The van der Waals surface area contributed by atoms with Gasteiger partial charge in [0.1, 0.15) is 11.6 Å². The van der Waals surface area contributed by atoms with Crippen LogP contribution < -0.4 is 10.2 Å². The molecule has 1 aliphatic rings. The standard InChI is InChI=1S/C18H18F2N2O2/c1-12-8-13(2-3-17(12)20)18(23)21-15-9-14(19)10-16(11-15)22-4-6-24-7-5-22/h2-3,8-11H,4-7H2,1H3,(H,21,23). The van der Waals surface area contributed by atoms with E-state index in [1.165, 1.54) is 30.3 Å². The lowest BCUT2D eigenvalue weighted by molar-refractivity contribution is 0.102. The van der Waals surface area contributed by atoms with E-state index in [0.29, 0.717) is 48.8 Å². The molecule has 0 unspecified atom stereocenters. The van der Waals surface area contributed by atoms with Gasteiger partial charge in [0, 0.05) is 30.0 Å². The zero-order valence-corrected chi connectivity index (χ0v) is 13.3. The summed E-state index contributed by atoms with van der Waals surface area (Å²) in [5, 5.41) is 2.67. The summed E-state index contributed by atoms with van der Waals surface area (Å²) in [5.74, 6) is -1.20. The minimum Gasteiger partial charge on any atom is -0.378 e. The summed E-state index contributed by atoms with van der Waals surface area (Å²) in [4.78, 5) is 14.3. The number of carbonyl (C=O) groups is 1. The van der Waals surface area contributed by atoms with Crippen LogP contribution in [0.15, 0.2) is 36.4 Å². The third kappa shape index (κ3) is 3.71. The number of benzene rings is 2. The molecule has 1 heterocycles. The number of carbonyl (C=O) groups excluding carboxylic acids is 1. The minimum absolute atomic E-state index is 0.325. The highest BCUT2D eigenvalue weighted by atomic mass is 19.1. The van der Waals surface area contributed by atoms with Crippen molar-refractivity contribution in [2.24, 2.45) is 0 Å². The fraction of sp³-hybridized carbons (Fsp3) is 0.278. The first kappa shape index (κ1) is 16.4. The average Bonchev–Trinajstić information content (AvgIpc) is 2.57. The van der Waals surface area contributed by atoms with E-state index in [9.17, 15) is 13.6 Å². The van der Waals surface area contributed by atoms with Gasteiger partial charge in [-0.2, -0.15) is 0 Å². The van der Waals surface area contributed by atoms with Crippen molar-refractivity contribution in [1.82, 2.24) is 0 Å². The van der Waals surface area contributed by atoms with Crippen molar-refractivity contribution in [1.29, 1.82) is 0 Å². The van der Waals surface area contributed by atoms with Gasteiger partial charge in [-0.1, -0.05) is 0 Å². The maximum Gasteiger partial charge on any atom is 0.255 e. The molecule has 2 aromatic rings. The Balaban J connectivity index is 1.80. The second kappa shape index (κ2) is 6.97. The summed E-state index contributed by atoms with van der Waals surface area (Å²) in [6.07, 6.45) is 0. The smallest absolute Gasteiger partial charge is 0.255 e. The van der Waals surface area contributed by atoms with E-state index in [1.807, 2.05) is 4.90 Å². The zero-order chi connectivity index (χ0) is 17.1. The van der Waals surface area contributed by atoms with Gasteiger partial charge in [-0.25, -0.2) is 8.78 Å². The highest BCUT2D eigenvalue weighted by Crippen LogP contribution is 2.23. The van der Waals surface area contributed by atoms with Crippen molar-refractivity contribution < 1.29 is 18.3 Å². The van der Waals surface area contributed by atoms with E-state index in [2.05, 4.69) is 5.32 Å². The predicted octanol–water partition coefficient (Wildman–Crippen LogP) is 3.36. The fourth-order valence-electron chi connectivity index (χ4n) is 2.64. The Hall–Kier alpha value is -2.47. The van der Waals surface area contributed by atoms with E-state index in [4.69, 9.17) is 4.74 Å². The van der Waals surface area contributed by atoms with Crippen molar-refractivity contribution in [2.45, 2.75) is 6.92 Å². The molecule has 0 atom stereocenters. The summed E-state index contributed by atoms with van der Waals surface area (Å²) >= 11 is 0. The molecule has 6 heteroatoms. The number of ether oxygens (including phenoxy) is 1. The Bertz CT molecular complexity index is 759. The molecule has 1 aliphatic heterocycles. The number of amides is 1. The minimum atomic E-state index is -0.426. The topological polar surface area (TPSA) is 41.6 Å². The predicted molar refractivity (Wildman–Crippen MR) is 88.5 cm³/mol. The number of nitrogens with one attached hydrogen (secondary N) is 1. The molecule has 0 aliphatic carbocycles. The Labute approximate surface area is 139 Å². The molecule has 0 aromatic heterocycles. The van der Waals surface area contributed by atoms with Crippen LogP contribution in [0.1, 0.15) is 15.9 Å². The second-order valence-corrected chi connectivity index (χ2v) is 5.72. The van der Waals surface area contributed by atoms with Crippen molar-refractivity contribution in [3.63, 3.8) is 0 Å². The Morgan fingerprint density at radius 1 is 1.12 bits per heavy atom. The molecule has 4 nitrogen and oxygen atoms in total. The Morgan fingerprint density at radius 2 is 1.88 bits per heavy atom. The number of rotatable bonds is 3. The van der Waals surface area contributed by atoms with Crippen LogP contribution in [0, 0.1) is 18.6 Å². The number of hydrogen-bond donors (Lipinski definition) is 1. The molecule has 0 bridgehead atoms. The quantitative estimate of drug-likeness (QED) is 0.937. The summed E-state index contributed by atoms with van der Waals surface area (Å²) in [6.45, 7) is 4.12. The van der Waals surface area contributed by atoms with E-state index < -0.39 is 11.7 Å². The first-order chi connectivity index (χ1) is 11.5. The van der Waals surface area contributed by atoms with Gasteiger partial charge < -0.3 is 15.0 Å². The summed E-state index contributed by atoms with van der Waals surface area (Å²) in [5.41, 5.74) is 1.77. The zero-order valence-electron chi connectivity index (χ0n) is 13.3. The van der Waals surface area contributed by atoms with Gasteiger partial charge in [-0.15, -0.1) is 0 Å². The van der Waals surface area contributed by atoms with Crippen molar-refractivity contribution in [3.8, 4) is 0 Å². The lowest BCUT2D eigenvalue weighted by atomic mass is 10.1. The maximum atomic E-state index is 13.9. The fourth-order valence-corrected chi connectivity index (χ4v) is 2.64. The molecule has 0 saturated carbocycles. The van der Waals surface area contributed by atoms with Crippen LogP contribution in [0.3, 0.4) is 0 Å². The Kier molecular flexibility index (Phi) is 4.76. The molecule has 2 aromatic carbocycles. The molecular weight excluding hydrogens is 314 g/mol. The van der Waals surface area contributed by atoms with Crippen LogP contribution >= 0.6 is 0 Å². The lowest BCUT2D eigenvalue weighted by Gasteiger charge is -2.29. The van der Waals surface area contributed by atoms with Gasteiger partial charge in [0.2, 0.25) is 0 Å². The van der Waals surface area contributed by atoms with E-state index in [1.54, 1.807) is 13.0 Å². The van der Waals surface area contributed by atoms with Crippen molar-refractivity contribution >= 4 is 17.3 Å². The van der Waals surface area contributed by atoms with Gasteiger partial charge in [-0.3, -0.25) is 4.79 Å². The van der Waals surface area contributed by atoms with Crippen molar-refractivity contribution in [2.75, 3.05) is 36.5 Å². The number of anilines is 2. The number of nitrogens with zero attached hydrogens (tertiary/aromatic N) is 1. The highest BCUT2D eigenvalue weighted by molar-refractivity contribution is 6.04. The normalized spacial score (nSPS) is 14.5. The van der Waals surface area contributed by atoms with Crippen LogP contribution in [-0.4, -0.2) is 32.2 Å². The SMILES string of the molecule is Cc1cc(C(=O)Nc2cc(F)cc(N3CCOCC3)c2)ccc1F. The molecule has 1 N–H and O–H groups in total. The number of hydrogen-bond acceptors (Lipinski definition) is 3. The second-order valence-electron chi connectivity index (χ2n) is 5.72. The summed E-state index contributed by atoms with van der Waals surface area (Å²) < 4.78 is 32.5. The van der Waals surface area contributed by atoms with E-state index >= 15 is 0 Å². The van der Waals surface area contributed by atoms with Crippen LogP contribution in [0.25, 0.3) is 0 Å². The third-order valence-electron chi connectivity index (χ3n) is 3.94. The van der Waals surface area contributed by atoms with Gasteiger partial charge >= 0.3 is 0 Å². The molecule has 0 radical (unpaired) electrons. The first-order valence-corrected chi connectivity index (χ1v) is 7.74. The monoisotopic (exact) mass is 332 g/mol. The van der Waals surface area contributed by atoms with Gasteiger partial charge in [0.15, 0.2) is 0 Å². The van der Waals surface area contributed by atoms with E-state index in [-0.39, 0.29) is 5.82 Å². The van der Waals surface area contributed by atoms with Gasteiger partial charge in [0.05, 0.1) is 13.2 Å². The molecular formula is C18H18F2N2O2. The summed E-state index contributed by atoms with van der Waals surface area (Å²) in [7, 11) is 0. The average molecular weight is 332 g/mol. The van der Waals surface area contributed by atoms with Crippen molar-refractivity contribution in [3.05, 3.63) is 59.2 Å². The van der Waals surface area contributed by atoms with Crippen LogP contribution in [-0.2, 0) is 4.74 Å². The molecule has 126 valence electrons. The molecule has 1 saturated heterocycles. The van der Waals surface area contributed by atoms with Crippen LogP contribution in [0.2, 0.25) is 0 Å². The Morgan fingerprint density at radius 3 is 2.58 bits per heavy atom. The number of aryl methyl sites for hydroxylation is 1. The molecule has 1 fully saturated rings. The lowest BCUT2D eigenvalue weighted by Crippen LogP contribution is -2.36. The number of halogens is 2. The third-order valence-corrected chi connectivity index (χ3v) is 3.94. The van der Waals surface area contributed by atoms with E-state index in [0.717, 1.165) is 0 Å². The van der Waals surface area contributed by atoms with Crippen LogP contribution in [0.4, 0.5) is 20.2 Å². The number of morpholine rings is 1. The molecule has 24 heavy (non-hydrogen) atoms. The molecule has 3 rings (SSSR count). The highest BCUT2D eigenvalue weighted by Gasteiger charge is 2.14. The maximum absolute atomic E-state index is 13.9. The first-order valence-electron chi connectivity index (χ1n) is 7.74. The summed E-state index contributed by atoms with van der Waals surface area (Å²) in [6, 6.07) is 8.53. The molecule has 0 spiro atoms. The van der Waals surface area contributed by atoms with Gasteiger partial charge in [-0.05, 0) is 48.9 Å². The molecule has 1 amide bonds. The van der Waals surface area contributed by atoms with Gasteiger partial charge in [0.25, 0.3) is 5.91 Å².